The molecule has 1 saturated carbocycles. The second kappa shape index (κ2) is 14.6. The molecule has 2 unspecified atom stereocenters. The molecular formula is C56H47N. The molecule has 1 heteroatoms. The molecule has 0 amide bonds. The number of aryl methyl sites for hydroxylation is 3. The third-order valence-corrected chi connectivity index (χ3v) is 12.6. The van der Waals surface area contributed by atoms with Gasteiger partial charge in [-0.05, 0) is 153 Å². The van der Waals surface area contributed by atoms with Crippen LogP contribution < -0.4 is 4.90 Å². The van der Waals surface area contributed by atoms with Crippen LogP contribution in [-0.4, -0.2) is 6.04 Å². The first-order valence-electron chi connectivity index (χ1n) is 20.6. The van der Waals surface area contributed by atoms with Crippen molar-refractivity contribution >= 4 is 56.2 Å². The molecule has 0 bridgehead atoms. The summed E-state index contributed by atoms with van der Waals surface area (Å²) in [6.07, 6.45) is 8.52. The van der Waals surface area contributed by atoms with Crippen LogP contribution in [-0.2, 0) is 0 Å². The van der Waals surface area contributed by atoms with Crippen LogP contribution in [0.25, 0.3) is 44.8 Å². The minimum absolute atomic E-state index is 0.486. The van der Waals surface area contributed by atoms with Crippen molar-refractivity contribution in [2.24, 2.45) is 0 Å². The van der Waals surface area contributed by atoms with Crippen LogP contribution in [0.15, 0.2) is 170 Å². The summed E-state index contributed by atoms with van der Waals surface area (Å²) >= 11 is 0. The van der Waals surface area contributed by atoms with E-state index in [0.717, 1.165) is 0 Å². The lowest BCUT2D eigenvalue weighted by molar-refractivity contribution is 0.642. The molecular weight excluding hydrogens is 687 g/mol. The number of benzene rings is 8. The molecule has 0 aromatic heterocycles. The zero-order chi connectivity index (χ0) is 38.5. The van der Waals surface area contributed by atoms with Crippen molar-refractivity contribution in [2.75, 3.05) is 4.90 Å². The van der Waals surface area contributed by atoms with E-state index in [1.54, 1.807) is 0 Å². The molecule has 1 aliphatic carbocycles. The Morgan fingerprint density at radius 2 is 1.05 bits per heavy atom. The topological polar surface area (TPSA) is 3.24 Å². The van der Waals surface area contributed by atoms with E-state index >= 15 is 0 Å². The smallest absolute Gasteiger partial charge is 0.0450 e. The molecule has 57 heavy (non-hydrogen) atoms. The van der Waals surface area contributed by atoms with Gasteiger partial charge in [0.05, 0.1) is 0 Å². The van der Waals surface area contributed by atoms with Gasteiger partial charge in [0, 0.05) is 23.3 Å². The van der Waals surface area contributed by atoms with Gasteiger partial charge in [-0.3, -0.25) is 0 Å². The van der Waals surface area contributed by atoms with E-state index in [1.165, 1.54) is 119 Å². The fraction of sp³-hybridized carbons (Fsp3) is 0.143. The number of anilines is 2. The van der Waals surface area contributed by atoms with Gasteiger partial charge in [0.25, 0.3) is 0 Å². The van der Waals surface area contributed by atoms with E-state index in [2.05, 4.69) is 208 Å². The van der Waals surface area contributed by atoms with Crippen LogP contribution in [0.1, 0.15) is 80.8 Å². The lowest BCUT2D eigenvalue weighted by atomic mass is 9.87. The molecule has 1 aliphatic heterocycles. The fourth-order valence-corrected chi connectivity index (χ4v) is 9.72. The summed E-state index contributed by atoms with van der Waals surface area (Å²) in [5.74, 6) is 0.545. The number of rotatable bonds is 7. The lowest BCUT2D eigenvalue weighted by Crippen LogP contribution is -2.26. The minimum atomic E-state index is 0.486. The van der Waals surface area contributed by atoms with Gasteiger partial charge in [-0.25, -0.2) is 0 Å². The number of hydrogen-bond donors (Lipinski definition) is 0. The average Bonchev–Trinajstić information content (AvgIpc) is 3.85. The molecule has 0 radical (unpaired) electrons. The first kappa shape index (κ1) is 35.0. The predicted octanol–water partition coefficient (Wildman–Crippen LogP) is 14.9. The third kappa shape index (κ3) is 6.38. The molecule has 1 heterocycles. The maximum absolute atomic E-state index is 2.65. The second-order valence-corrected chi connectivity index (χ2v) is 16.2. The van der Waals surface area contributed by atoms with Gasteiger partial charge < -0.3 is 4.90 Å². The first-order chi connectivity index (χ1) is 28.0. The van der Waals surface area contributed by atoms with Crippen molar-refractivity contribution < 1.29 is 0 Å². The first-order valence-corrected chi connectivity index (χ1v) is 20.6. The van der Waals surface area contributed by atoms with Crippen LogP contribution in [0.2, 0.25) is 0 Å². The summed E-state index contributed by atoms with van der Waals surface area (Å²) in [5, 5.41) is 5.18. The van der Waals surface area contributed by atoms with Crippen LogP contribution in [0.4, 0.5) is 11.4 Å². The van der Waals surface area contributed by atoms with Crippen molar-refractivity contribution in [3.05, 3.63) is 225 Å². The summed E-state index contributed by atoms with van der Waals surface area (Å²) < 4.78 is 0. The molecule has 10 rings (SSSR count). The van der Waals surface area contributed by atoms with E-state index in [1.807, 2.05) is 0 Å². The zero-order valence-electron chi connectivity index (χ0n) is 33.0. The molecule has 276 valence electrons. The standard InChI is InChI=1S/C56H47N/c1-37-20-27-43(28-21-37)52(42-12-5-4-6-13-42)35-41-26-33-56-54(36-41)51-18-11-19-55(51)57(56)44-29-24-40(25-30-44)34-53(49-31-22-38(2)45-14-7-9-16-47(45)49)50-32-23-39(3)46-15-8-10-17-48(46)50/h4-10,12-17,20-36,51,55H,11,18-19H2,1-3H3/b52-35+. The SMILES string of the molecule is Cc1ccc(/C(=C/c2ccc3c(c2)C2CCCC2N3c2ccc(C=C(c3ccc(C)c4ccccc34)c3ccc(C)c4ccccc34)cc2)c2ccccc2)cc1. The summed E-state index contributed by atoms with van der Waals surface area (Å²) in [5.41, 5.74) is 18.0. The largest absolute Gasteiger partial charge is 0.338 e. The predicted molar refractivity (Wildman–Crippen MR) is 244 cm³/mol. The van der Waals surface area contributed by atoms with Crippen LogP contribution >= 0.6 is 0 Å². The number of hydrogen-bond acceptors (Lipinski definition) is 1. The monoisotopic (exact) mass is 733 g/mol. The average molecular weight is 734 g/mol. The molecule has 2 aliphatic rings. The Morgan fingerprint density at radius 3 is 1.70 bits per heavy atom. The summed E-state index contributed by atoms with van der Waals surface area (Å²) in [6, 6.07) is 63.7. The second-order valence-electron chi connectivity index (χ2n) is 16.2. The van der Waals surface area contributed by atoms with Gasteiger partial charge in [-0.1, -0.05) is 158 Å². The van der Waals surface area contributed by atoms with Gasteiger partial charge in [0.2, 0.25) is 0 Å². The van der Waals surface area contributed by atoms with Crippen LogP contribution in [0, 0.1) is 20.8 Å². The van der Waals surface area contributed by atoms with Crippen LogP contribution in [0.5, 0.6) is 0 Å². The maximum atomic E-state index is 2.65. The Hall–Kier alpha value is -6.44. The lowest BCUT2D eigenvalue weighted by Gasteiger charge is -2.27. The van der Waals surface area contributed by atoms with Gasteiger partial charge in [0.15, 0.2) is 0 Å². The Morgan fingerprint density at radius 1 is 0.491 bits per heavy atom. The Kier molecular flexibility index (Phi) is 8.95. The van der Waals surface area contributed by atoms with Crippen molar-refractivity contribution in [1.29, 1.82) is 0 Å². The highest BCUT2D eigenvalue weighted by Crippen LogP contribution is 2.53. The zero-order valence-corrected chi connectivity index (χ0v) is 33.0. The van der Waals surface area contributed by atoms with Gasteiger partial charge in [0.1, 0.15) is 0 Å². The molecule has 8 aromatic carbocycles. The fourth-order valence-electron chi connectivity index (χ4n) is 9.72. The number of fused-ring (bicyclic) bond motifs is 5. The van der Waals surface area contributed by atoms with Crippen molar-refractivity contribution in [3.8, 4) is 0 Å². The maximum Gasteiger partial charge on any atom is 0.0450 e. The Labute approximate surface area is 337 Å². The van der Waals surface area contributed by atoms with Crippen molar-refractivity contribution in [3.63, 3.8) is 0 Å². The number of nitrogens with zero attached hydrogens (tertiary/aromatic N) is 1. The molecule has 1 nitrogen and oxygen atoms in total. The van der Waals surface area contributed by atoms with Gasteiger partial charge >= 0.3 is 0 Å². The van der Waals surface area contributed by atoms with Gasteiger partial charge in [-0.2, -0.15) is 0 Å². The molecule has 2 atom stereocenters. The van der Waals surface area contributed by atoms with Crippen LogP contribution in [0.3, 0.4) is 0 Å². The minimum Gasteiger partial charge on any atom is -0.338 e. The Bertz CT molecular complexity index is 2750. The molecule has 0 saturated heterocycles. The molecule has 0 spiro atoms. The summed E-state index contributed by atoms with van der Waals surface area (Å²) in [7, 11) is 0. The molecule has 1 fully saturated rings. The third-order valence-electron chi connectivity index (χ3n) is 12.6. The van der Waals surface area contributed by atoms with E-state index in [0.29, 0.717) is 12.0 Å². The quantitative estimate of drug-likeness (QED) is 0.147. The molecule has 0 N–H and O–H groups in total. The normalized spacial score (nSPS) is 16.2. The highest BCUT2D eigenvalue weighted by atomic mass is 15.2. The van der Waals surface area contributed by atoms with E-state index < -0.39 is 0 Å². The Balaban J connectivity index is 1.05. The molecule has 8 aromatic rings. The van der Waals surface area contributed by atoms with Gasteiger partial charge in [-0.15, -0.1) is 0 Å². The highest BCUT2D eigenvalue weighted by molar-refractivity contribution is 6.09. The van der Waals surface area contributed by atoms with E-state index in [-0.39, 0.29) is 0 Å². The van der Waals surface area contributed by atoms with E-state index in [9.17, 15) is 0 Å². The highest BCUT2D eigenvalue weighted by Gasteiger charge is 2.42. The van der Waals surface area contributed by atoms with E-state index in [4.69, 9.17) is 0 Å². The summed E-state index contributed by atoms with van der Waals surface area (Å²) in [4.78, 5) is 2.65. The van der Waals surface area contributed by atoms with Crippen molar-refractivity contribution in [1.82, 2.24) is 0 Å². The summed E-state index contributed by atoms with van der Waals surface area (Å²) in [6.45, 7) is 6.58. The van der Waals surface area contributed by atoms with Crippen molar-refractivity contribution in [2.45, 2.75) is 52.0 Å².